The molecule has 0 saturated carbocycles. The molecule has 3 rings (SSSR count). The largest absolute Gasteiger partial charge is 0.370 e. The van der Waals surface area contributed by atoms with Crippen LogP contribution in [0.4, 0.5) is 0 Å². The molecule has 4 heteroatoms. The van der Waals surface area contributed by atoms with Gasteiger partial charge in [0.1, 0.15) is 6.10 Å². The number of hydrogen-bond donors (Lipinski definition) is 0. The molecule has 1 atom stereocenters. The zero-order valence-electron chi connectivity index (χ0n) is 12.1. The number of thiophene rings is 1. The number of carbonyl (C=O) groups excluding carboxylic acids is 1. The first-order valence-corrected chi connectivity index (χ1v) is 8.14. The van der Waals surface area contributed by atoms with Crippen LogP contribution in [0.1, 0.15) is 33.1 Å². The summed E-state index contributed by atoms with van der Waals surface area (Å²) in [7, 11) is 0. The zero-order valence-corrected chi connectivity index (χ0v) is 12.9. The van der Waals surface area contributed by atoms with Crippen molar-refractivity contribution in [3.63, 3.8) is 0 Å². The van der Waals surface area contributed by atoms with E-state index in [1.807, 2.05) is 35.2 Å². The summed E-state index contributed by atoms with van der Waals surface area (Å²) in [5, 5.41) is 0. The van der Waals surface area contributed by atoms with Crippen LogP contribution < -0.4 is 0 Å². The minimum atomic E-state index is -0.0190. The summed E-state index contributed by atoms with van der Waals surface area (Å²) in [4.78, 5) is 16.6. The molecule has 1 aromatic carbocycles. The number of hydrogen-bond acceptors (Lipinski definition) is 3. The number of ether oxygens (including phenoxy) is 1. The van der Waals surface area contributed by atoms with Gasteiger partial charge in [0.05, 0.1) is 18.0 Å². The predicted molar refractivity (Wildman–Crippen MR) is 84.7 cm³/mol. The maximum Gasteiger partial charge on any atom is 0.264 e. The second kappa shape index (κ2) is 6.41. The van der Waals surface area contributed by atoms with Gasteiger partial charge in [-0.1, -0.05) is 37.3 Å². The zero-order chi connectivity index (χ0) is 14.7. The van der Waals surface area contributed by atoms with E-state index in [0.717, 1.165) is 16.9 Å². The summed E-state index contributed by atoms with van der Waals surface area (Å²) < 4.78 is 5.82. The molecule has 1 fully saturated rings. The normalized spacial score (nSPS) is 18.7. The number of morpholine rings is 1. The Balaban J connectivity index is 1.72. The van der Waals surface area contributed by atoms with Gasteiger partial charge in [-0.25, -0.2) is 0 Å². The standard InChI is InChI=1S/C17H19NO2S/c1-2-14-8-9-16(21-14)17(19)18-10-11-20-15(12-18)13-6-4-3-5-7-13/h3-9,15H,2,10-12H2,1H3/t15-/m1/s1. The van der Waals surface area contributed by atoms with Gasteiger partial charge < -0.3 is 9.64 Å². The van der Waals surface area contributed by atoms with E-state index in [0.29, 0.717) is 19.7 Å². The SMILES string of the molecule is CCc1ccc(C(=O)N2CCO[C@@H](c3ccccc3)C2)s1. The van der Waals surface area contributed by atoms with E-state index in [-0.39, 0.29) is 12.0 Å². The summed E-state index contributed by atoms with van der Waals surface area (Å²) in [6, 6.07) is 14.1. The fraction of sp³-hybridized carbons (Fsp3) is 0.353. The monoisotopic (exact) mass is 301 g/mol. The van der Waals surface area contributed by atoms with Gasteiger partial charge in [0, 0.05) is 11.4 Å². The minimum Gasteiger partial charge on any atom is -0.370 e. The molecule has 1 saturated heterocycles. The van der Waals surface area contributed by atoms with E-state index in [4.69, 9.17) is 4.74 Å². The van der Waals surface area contributed by atoms with Gasteiger partial charge in [0.15, 0.2) is 0 Å². The smallest absolute Gasteiger partial charge is 0.264 e. The van der Waals surface area contributed by atoms with Crippen molar-refractivity contribution in [2.45, 2.75) is 19.4 Å². The van der Waals surface area contributed by atoms with Gasteiger partial charge >= 0.3 is 0 Å². The highest BCUT2D eigenvalue weighted by molar-refractivity contribution is 7.14. The summed E-state index contributed by atoms with van der Waals surface area (Å²) in [5.41, 5.74) is 1.13. The second-order valence-electron chi connectivity index (χ2n) is 5.14. The van der Waals surface area contributed by atoms with Crippen molar-refractivity contribution < 1.29 is 9.53 Å². The van der Waals surface area contributed by atoms with E-state index in [9.17, 15) is 4.79 Å². The van der Waals surface area contributed by atoms with Gasteiger partial charge in [-0.3, -0.25) is 4.79 Å². The molecule has 21 heavy (non-hydrogen) atoms. The topological polar surface area (TPSA) is 29.5 Å². The van der Waals surface area contributed by atoms with Crippen LogP contribution in [0.5, 0.6) is 0 Å². The third-order valence-corrected chi connectivity index (χ3v) is 4.96. The molecular weight excluding hydrogens is 282 g/mol. The van der Waals surface area contributed by atoms with E-state index >= 15 is 0 Å². The minimum absolute atomic E-state index is 0.0190. The average molecular weight is 301 g/mol. The lowest BCUT2D eigenvalue weighted by atomic mass is 10.1. The van der Waals surface area contributed by atoms with E-state index in [1.165, 1.54) is 4.88 Å². The molecule has 110 valence electrons. The van der Waals surface area contributed by atoms with E-state index < -0.39 is 0 Å². The molecule has 0 N–H and O–H groups in total. The lowest BCUT2D eigenvalue weighted by Gasteiger charge is -2.33. The maximum atomic E-state index is 12.6. The molecule has 0 radical (unpaired) electrons. The first kappa shape index (κ1) is 14.3. The Hall–Kier alpha value is -1.65. The number of benzene rings is 1. The van der Waals surface area contributed by atoms with Gasteiger partial charge in [-0.15, -0.1) is 11.3 Å². The van der Waals surface area contributed by atoms with Gasteiger partial charge in [-0.2, -0.15) is 0 Å². The summed E-state index contributed by atoms with van der Waals surface area (Å²) in [6.07, 6.45) is 0.961. The lowest BCUT2D eigenvalue weighted by Crippen LogP contribution is -2.42. The van der Waals surface area contributed by atoms with Crippen molar-refractivity contribution in [2.24, 2.45) is 0 Å². The van der Waals surface area contributed by atoms with E-state index in [2.05, 4.69) is 19.1 Å². The first-order valence-electron chi connectivity index (χ1n) is 7.32. The molecule has 1 aliphatic heterocycles. The van der Waals surface area contributed by atoms with Gasteiger partial charge in [0.25, 0.3) is 5.91 Å². The summed E-state index contributed by atoms with van der Waals surface area (Å²) in [5.74, 6) is 0.129. The molecule has 0 bridgehead atoms. The third kappa shape index (κ3) is 3.17. The predicted octanol–water partition coefficient (Wildman–Crippen LogP) is 3.52. The van der Waals surface area contributed by atoms with Crippen LogP contribution in [0.25, 0.3) is 0 Å². The first-order chi connectivity index (χ1) is 10.3. The van der Waals surface area contributed by atoms with Crippen molar-refractivity contribution in [3.8, 4) is 0 Å². The van der Waals surface area contributed by atoms with Crippen LogP contribution in [-0.4, -0.2) is 30.5 Å². The second-order valence-corrected chi connectivity index (χ2v) is 6.31. The van der Waals surface area contributed by atoms with E-state index in [1.54, 1.807) is 11.3 Å². The summed E-state index contributed by atoms with van der Waals surface area (Å²) in [6.45, 7) is 4.00. The fourth-order valence-electron chi connectivity index (χ4n) is 2.54. The van der Waals surface area contributed by atoms with Crippen molar-refractivity contribution in [1.29, 1.82) is 0 Å². The fourth-order valence-corrected chi connectivity index (χ4v) is 3.46. The molecular formula is C17H19NO2S. The van der Waals surface area contributed by atoms with Gasteiger partial charge in [0.2, 0.25) is 0 Å². The molecule has 2 heterocycles. The Morgan fingerprint density at radius 1 is 1.29 bits per heavy atom. The highest BCUT2D eigenvalue weighted by Crippen LogP contribution is 2.25. The molecule has 2 aromatic rings. The number of rotatable bonds is 3. The van der Waals surface area contributed by atoms with Crippen LogP contribution >= 0.6 is 11.3 Å². The molecule has 1 aliphatic rings. The molecule has 0 spiro atoms. The molecule has 1 amide bonds. The number of carbonyl (C=O) groups is 1. The Kier molecular flexibility index (Phi) is 4.36. The molecule has 0 aliphatic carbocycles. The molecule has 1 aromatic heterocycles. The molecule has 3 nitrogen and oxygen atoms in total. The lowest BCUT2D eigenvalue weighted by molar-refractivity contribution is -0.0226. The molecule has 0 unspecified atom stereocenters. The summed E-state index contributed by atoms with van der Waals surface area (Å²) >= 11 is 1.60. The third-order valence-electron chi connectivity index (χ3n) is 3.75. The Morgan fingerprint density at radius 2 is 2.10 bits per heavy atom. The van der Waals surface area contributed by atoms with Crippen LogP contribution in [0.2, 0.25) is 0 Å². The van der Waals surface area contributed by atoms with Crippen molar-refractivity contribution >= 4 is 17.2 Å². The number of amides is 1. The number of aryl methyl sites for hydroxylation is 1. The van der Waals surface area contributed by atoms with Crippen LogP contribution in [0.15, 0.2) is 42.5 Å². The maximum absolute atomic E-state index is 12.6. The van der Waals surface area contributed by atoms with Crippen molar-refractivity contribution in [2.75, 3.05) is 19.7 Å². The van der Waals surface area contributed by atoms with Crippen molar-refractivity contribution in [1.82, 2.24) is 4.90 Å². The Labute approximate surface area is 129 Å². The van der Waals surface area contributed by atoms with Crippen LogP contribution in [-0.2, 0) is 11.2 Å². The highest BCUT2D eigenvalue weighted by Gasteiger charge is 2.26. The van der Waals surface area contributed by atoms with Crippen molar-refractivity contribution in [3.05, 3.63) is 57.8 Å². The quantitative estimate of drug-likeness (QED) is 0.868. The highest BCUT2D eigenvalue weighted by atomic mass is 32.1. The average Bonchev–Trinajstić information content (AvgIpc) is 3.04. The Bertz CT molecular complexity index is 608. The van der Waals surface area contributed by atoms with Crippen LogP contribution in [0, 0.1) is 0 Å². The Morgan fingerprint density at radius 3 is 2.81 bits per heavy atom. The number of nitrogens with zero attached hydrogens (tertiary/aromatic N) is 1. The van der Waals surface area contributed by atoms with Gasteiger partial charge in [-0.05, 0) is 24.1 Å². The van der Waals surface area contributed by atoms with Crippen LogP contribution in [0.3, 0.4) is 0 Å².